The molecule has 10 heteroatoms. The first-order chi connectivity index (χ1) is 14.8. The summed E-state index contributed by atoms with van der Waals surface area (Å²) in [7, 11) is -3.69. The number of rotatable bonds is 9. The van der Waals surface area contributed by atoms with Crippen LogP contribution in [0.1, 0.15) is 40.5 Å². The molecule has 1 aromatic carbocycles. The lowest BCUT2D eigenvalue weighted by molar-refractivity contribution is -0.121. The molecule has 1 atom stereocenters. The smallest absolute Gasteiger partial charge is 0.409 e. The first-order valence-electron chi connectivity index (χ1n) is 10.8. The van der Waals surface area contributed by atoms with Gasteiger partial charge in [0.25, 0.3) is 0 Å². The third-order valence-corrected chi connectivity index (χ3v) is 7.22. The molecule has 1 unspecified atom stereocenters. The summed E-state index contributed by atoms with van der Waals surface area (Å²) in [5, 5.41) is 2.82. The third-order valence-electron chi connectivity index (χ3n) is 5.17. The van der Waals surface area contributed by atoms with Crippen molar-refractivity contribution in [3.05, 3.63) is 18.2 Å². The number of nitrogens with one attached hydrogen (secondary N) is 1. The van der Waals surface area contributed by atoms with Crippen molar-refractivity contribution >= 4 is 27.7 Å². The number of carbonyl (C=O) groups excluding carboxylic acids is 2. The van der Waals surface area contributed by atoms with Gasteiger partial charge in [-0.15, -0.1) is 0 Å². The van der Waals surface area contributed by atoms with Gasteiger partial charge in [0.1, 0.15) is 5.75 Å². The van der Waals surface area contributed by atoms with Gasteiger partial charge in [-0.2, -0.15) is 4.31 Å². The number of likely N-dealkylation sites (tertiary alicyclic amines) is 1. The van der Waals surface area contributed by atoms with Crippen LogP contribution in [0.15, 0.2) is 23.1 Å². The van der Waals surface area contributed by atoms with Crippen LogP contribution in [0.5, 0.6) is 5.75 Å². The van der Waals surface area contributed by atoms with Crippen LogP contribution in [0, 0.1) is 5.92 Å². The molecule has 31 heavy (non-hydrogen) atoms. The van der Waals surface area contributed by atoms with E-state index < -0.39 is 22.0 Å². The van der Waals surface area contributed by atoms with Crippen LogP contribution in [-0.2, 0) is 19.6 Å². The Hall–Kier alpha value is -2.33. The maximum absolute atomic E-state index is 13.0. The van der Waals surface area contributed by atoms with Crippen LogP contribution in [0.4, 0.5) is 10.5 Å². The molecule has 0 aromatic heterocycles. The van der Waals surface area contributed by atoms with Gasteiger partial charge < -0.3 is 19.7 Å². The Morgan fingerprint density at radius 2 is 1.87 bits per heavy atom. The van der Waals surface area contributed by atoms with E-state index in [2.05, 4.69) is 5.32 Å². The maximum atomic E-state index is 13.0. The summed E-state index contributed by atoms with van der Waals surface area (Å²) in [5.41, 5.74) is 0.299. The number of hydrogen-bond donors (Lipinski definition) is 1. The topological polar surface area (TPSA) is 105 Å². The standard InChI is InChI=1S/C21H33N3O6S/c1-5-24(6-2)31(27,28)17-11-12-19(29-7-3)18(14-17)22-20(25)16-10-9-13-23(15-16)21(26)30-8-4/h11-12,14,16H,5-10,13,15H2,1-4H3,(H,22,25). The monoisotopic (exact) mass is 455 g/mol. The summed E-state index contributed by atoms with van der Waals surface area (Å²) in [6.07, 6.45) is 0.886. The maximum Gasteiger partial charge on any atom is 0.409 e. The van der Waals surface area contributed by atoms with Crippen molar-refractivity contribution in [1.82, 2.24) is 9.21 Å². The SMILES string of the molecule is CCOC(=O)N1CCCC(C(=O)Nc2cc(S(=O)(=O)N(CC)CC)ccc2OCC)C1. The van der Waals surface area contributed by atoms with Gasteiger partial charge in [-0.25, -0.2) is 13.2 Å². The van der Waals surface area contributed by atoms with Gasteiger partial charge in [-0.3, -0.25) is 4.79 Å². The summed E-state index contributed by atoms with van der Waals surface area (Å²) < 4.78 is 37.8. The van der Waals surface area contributed by atoms with E-state index in [0.717, 1.165) is 0 Å². The molecule has 2 amide bonds. The number of amides is 2. The number of ether oxygens (including phenoxy) is 2. The molecule has 1 heterocycles. The highest BCUT2D eigenvalue weighted by Gasteiger charge is 2.30. The molecule has 1 aromatic rings. The molecule has 1 fully saturated rings. The highest BCUT2D eigenvalue weighted by atomic mass is 32.2. The predicted molar refractivity (Wildman–Crippen MR) is 118 cm³/mol. The number of carbonyl (C=O) groups is 2. The quantitative estimate of drug-likeness (QED) is 0.614. The summed E-state index contributed by atoms with van der Waals surface area (Å²) in [6.45, 7) is 9.23. The Labute approximate surface area is 184 Å². The van der Waals surface area contributed by atoms with Gasteiger partial charge in [0.05, 0.1) is 29.7 Å². The van der Waals surface area contributed by atoms with Gasteiger partial charge >= 0.3 is 6.09 Å². The summed E-state index contributed by atoms with van der Waals surface area (Å²) in [6, 6.07) is 4.47. The third kappa shape index (κ3) is 6.10. The minimum Gasteiger partial charge on any atom is -0.492 e. The Morgan fingerprint density at radius 3 is 2.48 bits per heavy atom. The van der Waals surface area contributed by atoms with Crippen LogP contribution in [-0.4, -0.2) is 69.0 Å². The number of sulfonamides is 1. The number of anilines is 1. The molecule has 0 saturated carbocycles. The van der Waals surface area contributed by atoms with Gasteiger partial charge in [0, 0.05) is 26.2 Å². The van der Waals surface area contributed by atoms with Crippen LogP contribution in [0.3, 0.4) is 0 Å². The molecule has 0 radical (unpaired) electrons. The van der Waals surface area contributed by atoms with E-state index in [-0.39, 0.29) is 24.0 Å². The highest BCUT2D eigenvalue weighted by Crippen LogP contribution is 2.30. The molecule has 174 valence electrons. The molecule has 9 nitrogen and oxygen atoms in total. The molecule has 2 rings (SSSR count). The minimum absolute atomic E-state index is 0.0896. The normalized spacial score (nSPS) is 16.8. The zero-order chi connectivity index (χ0) is 23.0. The zero-order valence-corrected chi connectivity index (χ0v) is 19.5. The lowest BCUT2D eigenvalue weighted by atomic mass is 9.97. The van der Waals surface area contributed by atoms with E-state index in [1.54, 1.807) is 26.8 Å². The Morgan fingerprint density at radius 1 is 1.16 bits per heavy atom. The first kappa shape index (κ1) is 24.9. The van der Waals surface area contributed by atoms with E-state index in [0.29, 0.717) is 50.5 Å². The Balaban J connectivity index is 2.25. The van der Waals surface area contributed by atoms with Gasteiger partial charge in [0.15, 0.2) is 0 Å². The number of benzene rings is 1. The lowest BCUT2D eigenvalue weighted by Gasteiger charge is -2.31. The van der Waals surface area contributed by atoms with Crippen molar-refractivity contribution in [1.29, 1.82) is 0 Å². The van der Waals surface area contributed by atoms with Crippen molar-refractivity contribution in [3.8, 4) is 5.75 Å². The largest absolute Gasteiger partial charge is 0.492 e. The Kier molecular flexibility index (Phi) is 9.12. The fraction of sp³-hybridized carbons (Fsp3) is 0.619. The molecule has 1 saturated heterocycles. The molecule has 0 bridgehead atoms. The van der Waals surface area contributed by atoms with E-state index >= 15 is 0 Å². The van der Waals surface area contributed by atoms with Gasteiger partial charge in [-0.1, -0.05) is 13.8 Å². The molecule has 0 spiro atoms. The molecule has 0 aliphatic carbocycles. The minimum atomic E-state index is -3.69. The molecular weight excluding hydrogens is 422 g/mol. The fourth-order valence-corrected chi connectivity index (χ4v) is 5.05. The average Bonchev–Trinajstić information content (AvgIpc) is 2.76. The van der Waals surface area contributed by atoms with Crippen molar-refractivity contribution in [3.63, 3.8) is 0 Å². The zero-order valence-electron chi connectivity index (χ0n) is 18.7. The Bertz CT molecular complexity index is 870. The number of nitrogens with zero attached hydrogens (tertiary/aromatic N) is 2. The van der Waals surface area contributed by atoms with Crippen LogP contribution < -0.4 is 10.1 Å². The van der Waals surface area contributed by atoms with Crippen LogP contribution in [0.25, 0.3) is 0 Å². The van der Waals surface area contributed by atoms with Gasteiger partial charge in [0.2, 0.25) is 15.9 Å². The van der Waals surface area contributed by atoms with Crippen LogP contribution >= 0.6 is 0 Å². The van der Waals surface area contributed by atoms with Crippen LogP contribution in [0.2, 0.25) is 0 Å². The molecule has 1 aliphatic heterocycles. The molecular formula is C21H33N3O6S. The average molecular weight is 456 g/mol. The number of piperidine rings is 1. The second kappa shape index (κ2) is 11.3. The van der Waals surface area contributed by atoms with Crippen molar-refractivity contribution in [2.24, 2.45) is 5.92 Å². The van der Waals surface area contributed by atoms with Crippen molar-refractivity contribution in [2.45, 2.75) is 45.4 Å². The highest BCUT2D eigenvalue weighted by molar-refractivity contribution is 7.89. The summed E-state index contributed by atoms with van der Waals surface area (Å²) in [5.74, 6) is -0.310. The second-order valence-electron chi connectivity index (χ2n) is 7.15. The second-order valence-corrected chi connectivity index (χ2v) is 9.09. The van der Waals surface area contributed by atoms with Gasteiger partial charge in [-0.05, 0) is 44.9 Å². The molecule has 1 N–H and O–H groups in total. The number of hydrogen-bond acceptors (Lipinski definition) is 6. The van der Waals surface area contributed by atoms with E-state index in [1.807, 2.05) is 6.92 Å². The molecule has 1 aliphatic rings. The van der Waals surface area contributed by atoms with Crippen molar-refractivity contribution < 1.29 is 27.5 Å². The lowest BCUT2D eigenvalue weighted by Crippen LogP contribution is -2.44. The van der Waals surface area contributed by atoms with E-state index in [4.69, 9.17) is 9.47 Å². The fourth-order valence-electron chi connectivity index (χ4n) is 3.57. The predicted octanol–water partition coefficient (Wildman–Crippen LogP) is 2.92. The van der Waals surface area contributed by atoms with E-state index in [9.17, 15) is 18.0 Å². The van der Waals surface area contributed by atoms with E-state index in [1.165, 1.54) is 21.3 Å². The summed E-state index contributed by atoms with van der Waals surface area (Å²) in [4.78, 5) is 26.6. The first-order valence-corrected chi connectivity index (χ1v) is 12.2. The van der Waals surface area contributed by atoms with Crippen molar-refractivity contribution in [2.75, 3.05) is 44.7 Å². The summed E-state index contributed by atoms with van der Waals surface area (Å²) >= 11 is 0.